The van der Waals surface area contributed by atoms with Gasteiger partial charge < -0.3 is 5.73 Å². The molecule has 0 unspecified atom stereocenters. The second-order valence-electron chi connectivity index (χ2n) is 4.56. The van der Waals surface area contributed by atoms with Gasteiger partial charge in [0.15, 0.2) is 0 Å². The number of hydrogen-bond acceptors (Lipinski definition) is 4. The number of anilines is 1. The van der Waals surface area contributed by atoms with Crippen molar-refractivity contribution in [3.63, 3.8) is 0 Å². The van der Waals surface area contributed by atoms with Gasteiger partial charge in [-0.2, -0.15) is 4.31 Å². The molecule has 0 aliphatic carbocycles. The summed E-state index contributed by atoms with van der Waals surface area (Å²) in [7, 11) is -2.02. The molecule has 2 rings (SSSR count). The predicted molar refractivity (Wildman–Crippen MR) is 86.3 cm³/mol. The maximum atomic E-state index is 12.5. The van der Waals surface area contributed by atoms with Crippen LogP contribution < -0.4 is 5.73 Å². The van der Waals surface area contributed by atoms with E-state index < -0.39 is 10.0 Å². The highest BCUT2D eigenvalue weighted by molar-refractivity contribution is 9.11. The maximum absolute atomic E-state index is 12.5. The van der Waals surface area contributed by atoms with E-state index >= 15 is 0 Å². The van der Waals surface area contributed by atoms with Crippen LogP contribution in [0.5, 0.6) is 0 Å². The molecule has 0 aliphatic heterocycles. The Hall–Kier alpha value is -0.890. The smallest absolute Gasteiger partial charge is 0.245 e. The van der Waals surface area contributed by atoms with Crippen LogP contribution in [-0.2, 0) is 16.6 Å². The van der Waals surface area contributed by atoms with E-state index in [2.05, 4.69) is 15.9 Å². The quantitative estimate of drug-likeness (QED) is 0.835. The fourth-order valence-corrected chi connectivity index (χ4v) is 4.29. The van der Waals surface area contributed by atoms with Crippen molar-refractivity contribution in [2.75, 3.05) is 12.8 Å². The molecule has 0 saturated carbocycles. The number of rotatable bonds is 4. The molecule has 1 aromatic heterocycles. The van der Waals surface area contributed by atoms with Crippen molar-refractivity contribution in [1.29, 1.82) is 0 Å². The first-order valence-corrected chi connectivity index (χ1v) is 8.97. The van der Waals surface area contributed by atoms with Crippen molar-refractivity contribution >= 4 is 43.0 Å². The minimum atomic E-state index is -3.58. The summed E-state index contributed by atoms with van der Waals surface area (Å²) in [6, 6.07) is 6.88. The lowest BCUT2D eigenvalue weighted by atomic mass is 10.2. The molecule has 20 heavy (non-hydrogen) atoms. The van der Waals surface area contributed by atoms with E-state index in [-0.39, 0.29) is 10.6 Å². The number of aryl methyl sites for hydroxylation is 1. The number of nitrogen functional groups attached to an aromatic ring is 1. The van der Waals surface area contributed by atoms with E-state index in [0.717, 1.165) is 14.9 Å². The summed E-state index contributed by atoms with van der Waals surface area (Å²) in [5.41, 5.74) is 7.99. The van der Waals surface area contributed by atoms with E-state index in [4.69, 9.17) is 5.73 Å². The van der Waals surface area contributed by atoms with Gasteiger partial charge in [0.1, 0.15) is 4.90 Å². The monoisotopic (exact) mass is 374 g/mol. The van der Waals surface area contributed by atoms with Crippen LogP contribution in [0, 0.1) is 6.92 Å². The van der Waals surface area contributed by atoms with Crippen molar-refractivity contribution in [3.05, 3.63) is 44.6 Å². The third-order valence-electron chi connectivity index (χ3n) is 2.88. The van der Waals surface area contributed by atoms with Crippen molar-refractivity contribution in [1.82, 2.24) is 4.31 Å². The molecule has 7 heteroatoms. The van der Waals surface area contributed by atoms with E-state index in [0.29, 0.717) is 6.54 Å². The normalized spacial score (nSPS) is 12.0. The van der Waals surface area contributed by atoms with Crippen LogP contribution in [0.2, 0.25) is 0 Å². The summed E-state index contributed by atoms with van der Waals surface area (Å²) >= 11 is 4.90. The molecule has 0 aliphatic rings. The molecule has 0 radical (unpaired) electrons. The summed E-state index contributed by atoms with van der Waals surface area (Å²) in [4.78, 5) is 0.153. The van der Waals surface area contributed by atoms with Crippen LogP contribution in [-0.4, -0.2) is 19.8 Å². The molecular formula is C13H15BrN2O2S2. The molecule has 2 aromatic rings. The number of halogens is 1. The highest BCUT2D eigenvalue weighted by atomic mass is 79.9. The minimum absolute atomic E-state index is 0.153. The van der Waals surface area contributed by atoms with E-state index in [1.807, 2.05) is 18.4 Å². The van der Waals surface area contributed by atoms with E-state index in [1.165, 1.54) is 15.6 Å². The van der Waals surface area contributed by atoms with Gasteiger partial charge >= 0.3 is 0 Å². The Bertz CT molecular complexity index is 726. The first-order chi connectivity index (χ1) is 9.30. The number of sulfonamides is 1. The fraction of sp³-hybridized carbons (Fsp3) is 0.231. The number of thiophene rings is 1. The molecule has 0 amide bonds. The number of nitrogens with two attached hydrogens (primary N) is 1. The standard InChI is InChI=1S/C13H15BrN2O2S2/c1-9-3-4-12(11(15)5-9)20(17,18)16(2)7-10-6-13(14)19-8-10/h3-6,8H,7,15H2,1-2H3. The average molecular weight is 375 g/mol. The van der Waals surface area contributed by atoms with Crippen molar-refractivity contribution in [3.8, 4) is 0 Å². The first-order valence-electron chi connectivity index (χ1n) is 5.86. The second-order valence-corrected chi connectivity index (χ2v) is 8.87. The molecule has 0 saturated heterocycles. The largest absolute Gasteiger partial charge is 0.398 e. The predicted octanol–water partition coefficient (Wildman–Crippen LogP) is 3.22. The van der Waals surface area contributed by atoms with Gasteiger partial charge in [0.05, 0.1) is 9.47 Å². The summed E-state index contributed by atoms with van der Waals surface area (Å²) in [5.74, 6) is 0. The van der Waals surface area contributed by atoms with Gasteiger partial charge in [0.25, 0.3) is 0 Å². The Balaban J connectivity index is 2.29. The van der Waals surface area contributed by atoms with Crippen LogP contribution in [0.1, 0.15) is 11.1 Å². The molecular weight excluding hydrogens is 360 g/mol. The van der Waals surface area contributed by atoms with E-state index in [1.54, 1.807) is 25.2 Å². The van der Waals surface area contributed by atoms with Gasteiger partial charge in [-0.05, 0) is 57.6 Å². The molecule has 1 heterocycles. The van der Waals surface area contributed by atoms with Crippen LogP contribution in [0.15, 0.2) is 38.3 Å². The zero-order valence-corrected chi connectivity index (χ0v) is 14.3. The lowest BCUT2D eigenvalue weighted by Crippen LogP contribution is -2.27. The molecule has 4 nitrogen and oxygen atoms in total. The van der Waals surface area contributed by atoms with Crippen LogP contribution >= 0.6 is 27.3 Å². The summed E-state index contributed by atoms with van der Waals surface area (Å²) < 4.78 is 27.3. The Labute approximate surface area is 131 Å². The summed E-state index contributed by atoms with van der Waals surface area (Å²) in [5, 5.41) is 1.93. The van der Waals surface area contributed by atoms with Gasteiger partial charge in [0.2, 0.25) is 10.0 Å². The van der Waals surface area contributed by atoms with Crippen molar-refractivity contribution in [2.45, 2.75) is 18.4 Å². The van der Waals surface area contributed by atoms with Crippen molar-refractivity contribution < 1.29 is 8.42 Å². The fourth-order valence-electron chi connectivity index (χ4n) is 1.84. The molecule has 2 N–H and O–H groups in total. The average Bonchev–Trinajstić information content (AvgIpc) is 2.74. The lowest BCUT2D eigenvalue weighted by Gasteiger charge is -2.18. The third kappa shape index (κ3) is 3.22. The molecule has 0 atom stereocenters. The Morgan fingerprint density at radius 2 is 2.05 bits per heavy atom. The first kappa shape index (κ1) is 15.5. The zero-order chi connectivity index (χ0) is 14.9. The van der Waals surface area contributed by atoms with Gasteiger partial charge in [-0.1, -0.05) is 6.07 Å². The molecule has 0 fully saturated rings. The Morgan fingerprint density at radius 3 is 2.60 bits per heavy atom. The van der Waals surface area contributed by atoms with Crippen molar-refractivity contribution in [2.24, 2.45) is 0 Å². The Morgan fingerprint density at radius 1 is 1.35 bits per heavy atom. The van der Waals surface area contributed by atoms with Crippen LogP contribution in [0.4, 0.5) is 5.69 Å². The SMILES string of the molecule is Cc1ccc(S(=O)(=O)N(C)Cc2csc(Br)c2)c(N)c1. The third-order valence-corrected chi connectivity index (χ3v) is 6.31. The van der Waals surface area contributed by atoms with Gasteiger partial charge in [-0.15, -0.1) is 11.3 Å². The number of benzene rings is 1. The summed E-state index contributed by atoms with van der Waals surface area (Å²) in [6.45, 7) is 2.19. The topological polar surface area (TPSA) is 63.4 Å². The highest BCUT2D eigenvalue weighted by Crippen LogP contribution is 2.26. The second kappa shape index (κ2) is 5.85. The van der Waals surface area contributed by atoms with Gasteiger partial charge in [-0.25, -0.2) is 8.42 Å². The molecule has 0 spiro atoms. The lowest BCUT2D eigenvalue weighted by molar-refractivity contribution is 0.467. The molecule has 1 aromatic carbocycles. The number of hydrogen-bond donors (Lipinski definition) is 1. The van der Waals surface area contributed by atoms with Gasteiger partial charge in [-0.3, -0.25) is 0 Å². The maximum Gasteiger partial charge on any atom is 0.245 e. The van der Waals surface area contributed by atoms with E-state index in [9.17, 15) is 8.42 Å². The summed E-state index contributed by atoms with van der Waals surface area (Å²) in [6.07, 6.45) is 0. The number of nitrogens with zero attached hydrogens (tertiary/aromatic N) is 1. The van der Waals surface area contributed by atoms with Crippen LogP contribution in [0.3, 0.4) is 0 Å². The highest BCUT2D eigenvalue weighted by Gasteiger charge is 2.23. The zero-order valence-electron chi connectivity index (χ0n) is 11.1. The molecule has 0 bridgehead atoms. The van der Waals surface area contributed by atoms with Gasteiger partial charge in [0, 0.05) is 13.6 Å². The Kier molecular flexibility index (Phi) is 4.53. The minimum Gasteiger partial charge on any atom is -0.398 e. The molecule has 108 valence electrons. The van der Waals surface area contributed by atoms with Crippen LogP contribution in [0.25, 0.3) is 0 Å².